The second-order valence-corrected chi connectivity index (χ2v) is 7.86. The summed E-state index contributed by atoms with van der Waals surface area (Å²) in [4.78, 5) is 40.4. The van der Waals surface area contributed by atoms with Crippen molar-refractivity contribution in [2.75, 3.05) is 20.3 Å². The van der Waals surface area contributed by atoms with Gasteiger partial charge in [0.15, 0.2) is 17.7 Å². The number of pyridine rings is 1. The lowest BCUT2D eigenvalue weighted by molar-refractivity contribution is -0.0189. The molecule has 0 bridgehead atoms. The number of halogens is 2. The highest BCUT2D eigenvalue weighted by atomic mass is 19.1. The molecule has 4 heterocycles. The summed E-state index contributed by atoms with van der Waals surface area (Å²) >= 11 is 0. The van der Waals surface area contributed by atoms with Crippen molar-refractivity contribution in [2.24, 2.45) is 0 Å². The van der Waals surface area contributed by atoms with Gasteiger partial charge in [0.25, 0.3) is 11.8 Å². The maximum absolute atomic E-state index is 13.9. The highest BCUT2D eigenvalue weighted by molar-refractivity contribution is 6.00. The summed E-state index contributed by atoms with van der Waals surface area (Å²) in [5, 5.41) is 13.0. The van der Waals surface area contributed by atoms with Crippen molar-refractivity contribution in [1.29, 1.82) is 0 Å². The molecular formula is C21H19F2N3O6. The number of aromatic nitrogens is 1. The van der Waals surface area contributed by atoms with Crippen LogP contribution < -0.4 is 10.7 Å². The summed E-state index contributed by atoms with van der Waals surface area (Å²) in [6.45, 7) is 0.327. The maximum atomic E-state index is 13.9. The molecule has 9 nitrogen and oxygen atoms in total. The lowest BCUT2D eigenvalue weighted by Gasteiger charge is -2.36. The van der Waals surface area contributed by atoms with Crippen molar-refractivity contribution in [1.82, 2.24) is 14.8 Å². The van der Waals surface area contributed by atoms with Crippen molar-refractivity contribution in [3.8, 4) is 5.75 Å². The number of amides is 2. The van der Waals surface area contributed by atoms with E-state index in [-0.39, 0.29) is 29.1 Å². The Morgan fingerprint density at radius 2 is 2.12 bits per heavy atom. The Bertz CT molecular complexity index is 1210. The first-order chi connectivity index (χ1) is 15.3. The Morgan fingerprint density at radius 3 is 2.84 bits per heavy atom. The van der Waals surface area contributed by atoms with Gasteiger partial charge in [-0.3, -0.25) is 14.4 Å². The van der Waals surface area contributed by atoms with Gasteiger partial charge in [0.1, 0.15) is 23.3 Å². The number of nitrogens with zero attached hydrogens (tertiary/aromatic N) is 2. The molecule has 1 fully saturated rings. The van der Waals surface area contributed by atoms with Gasteiger partial charge in [-0.15, -0.1) is 0 Å². The van der Waals surface area contributed by atoms with Crippen molar-refractivity contribution in [3.05, 3.63) is 62.6 Å². The maximum Gasteiger partial charge on any atom is 0.276 e. The number of benzene rings is 1. The molecule has 3 atom stereocenters. The number of nitrogens with one attached hydrogen (secondary N) is 1. The van der Waals surface area contributed by atoms with Gasteiger partial charge >= 0.3 is 0 Å². The Hall–Kier alpha value is -3.31. The van der Waals surface area contributed by atoms with Gasteiger partial charge in [-0.2, -0.15) is 0 Å². The van der Waals surface area contributed by atoms with E-state index in [0.29, 0.717) is 25.6 Å². The summed E-state index contributed by atoms with van der Waals surface area (Å²) in [6, 6.07) is 2.47. The SMILES string of the molecule is COC1CC2C3OCCN3C(=O)c3c(O)c(=O)c(C(=O)NCc4ccc(F)cc4F)c1n32. The molecule has 1 saturated heterocycles. The molecule has 0 spiro atoms. The molecule has 5 rings (SSSR count). The predicted molar refractivity (Wildman–Crippen MR) is 104 cm³/mol. The summed E-state index contributed by atoms with van der Waals surface area (Å²) < 4.78 is 39.7. The molecule has 32 heavy (non-hydrogen) atoms. The van der Waals surface area contributed by atoms with Crippen LogP contribution in [-0.4, -0.2) is 52.9 Å². The standard InChI is InChI=1S/C21H19F2N3O6/c1-31-13-7-12-21-25(4-5-32-21)20(30)16-18(28)17(27)14(15(13)26(12)16)19(29)24-8-9-2-3-10(22)6-11(9)23/h2-3,6,12-13,21,28H,4-5,7-8H2,1H3,(H,24,29). The van der Waals surface area contributed by atoms with E-state index in [4.69, 9.17) is 9.47 Å². The molecule has 2 aromatic rings. The molecule has 2 amide bonds. The van der Waals surface area contributed by atoms with Crippen molar-refractivity contribution >= 4 is 11.8 Å². The van der Waals surface area contributed by atoms with Gasteiger partial charge in [-0.1, -0.05) is 6.07 Å². The summed E-state index contributed by atoms with van der Waals surface area (Å²) in [6.07, 6.45) is -0.972. The van der Waals surface area contributed by atoms with E-state index in [9.17, 15) is 28.3 Å². The van der Waals surface area contributed by atoms with Crippen molar-refractivity contribution in [2.45, 2.75) is 31.3 Å². The van der Waals surface area contributed by atoms with Crippen molar-refractivity contribution in [3.63, 3.8) is 0 Å². The van der Waals surface area contributed by atoms with Gasteiger partial charge in [-0.25, -0.2) is 8.78 Å². The topological polar surface area (TPSA) is 110 Å². The van der Waals surface area contributed by atoms with Crippen LogP contribution in [-0.2, 0) is 16.0 Å². The number of carbonyl (C=O) groups is 2. The average molecular weight is 447 g/mol. The van der Waals surface area contributed by atoms with E-state index in [1.165, 1.54) is 22.6 Å². The fourth-order valence-corrected chi connectivity index (χ4v) is 4.76. The monoisotopic (exact) mass is 447 g/mol. The number of carbonyl (C=O) groups excluding carboxylic acids is 2. The number of methoxy groups -OCH3 is 1. The molecular weight excluding hydrogens is 428 g/mol. The number of hydrogen-bond donors (Lipinski definition) is 2. The lowest BCUT2D eigenvalue weighted by atomic mass is 10.1. The third-order valence-electron chi connectivity index (χ3n) is 6.20. The minimum atomic E-state index is -1.02. The highest BCUT2D eigenvalue weighted by Crippen LogP contribution is 2.47. The molecule has 3 aliphatic rings. The molecule has 0 radical (unpaired) electrons. The molecule has 1 aromatic carbocycles. The van der Waals surface area contributed by atoms with Crippen LogP contribution in [0, 0.1) is 11.6 Å². The van der Waals surface area contributed by atoms with E-state index < -0.39 is 53.0 Å². The molecule has 3 unspecified atom stereocenters. The highest BCUT2D eigenvalue weighted by Gasteiger charge is 2.52. The normalized spacial score (nSPS) is 23.3. The van der Waals surface area contributed by atoms with Crippen LogP contribution in [0.5, 0.6) is 5.75 Å². The van der Waals surface area contributed by atoms with Gasteiger partial charge in [-0.05, 0) is 6.07 Å². The molecule has 0 aliphatic carbocycles. The van der Waals surface area contributed by atoms with E-state index in [1.54, 1.807) is 0 Å². The third-order valence-corrected chi connectivity index (χ3v) is 6.20. The van der Waals surface area contributed by atoms with Crippen LogP contribution in [0.1, 0.15) is 50.7 Å². The van der Waals surface area contributed by atoms with Crippen LogP contribution in [0.2, 0.25) is 0 Å². The predicted octanol–water partition coefficient (Wildman–Crippen LogP) is 1.21. The third kappa shape index (κ3) is 2.84. The molecule has 0 saturated carbocycles. The van der Waals surface area contributed by atoms with Gasteiger partial charge in [0.2, 0.25) is 5.43 Å². The first-order valence-electron chi connectivity index (χ1n) is 10.0. The van der Waals surface area contributed by atoms with Gasteiger partial charge in [0, 0.05) is 38.2 Å². The van der Waals surface area contributed by atoms with Gasteiger partial charge < -0.3 is 29.4 Å². The molecule has 1 aromatic heterocycles. The minimum absolute atomic E-state index is 0.0183. The quantitative estimate of drug-likeness (QED) is 0.729. The molecule has 2 N–H and O–H groups in total. The van der Waals surface area contributed by atoms with Crippen LogP contribution in [0.25, 0.3) is 0 Å². The Balaban J connectivity index is 1.59. The summed E-state index contributed by atoms with van der Waals surface area (Å²) in [5.74, 6) is -3.87. The van der Waals surface area contributed by atoms with Crippen LogP contribution in [0.3, 0.4) is 0 Å². The smallest absolute Gasteiger partial charge is 0.276 e. The zero-order valence-electron chi connectivity index (χ0n) is 16.9. The zero-order valence-corrected chi connectivity index (χ0v) is 16.9. The number of ether oxygens (including phenoxy) is 2. The number of hydrogen-bond acceptors (Lipinski definition) is 6. The number of aromatic hydroxyl groups is 1. The Labute approximate surface area is 180 Å². The van der Waals surface area contributed by atoms with E-state index in [2.05, 4.69) is 5.32 Å². The van der Waals surface area contributed by atoms with E-state index in [0.717, 1.165) is 6.07 Å². The van der Waals surface area contributed by atoms with Crippen molar-refractivity contribution < 1.29 is 33.0 Å². The largest absolute Gasteiger partial charge is 0.503 e. The zero-order chi connectivity index (χ0) is 22.7. The Kier molecular flexibility index (Phi) is 4.75. The second-order valence-electron chi connectivity index (χ2n) is 7.86. The summed E-state index contributed by atoms with van der Waals surface area (Å²) in [5.41, 5.74) is -1.42. The van der Waals surface area contributed by atoms with Gasteiger partial charge in [0.05, 0.1) is 18.3 Å². The minimum Gasteiger partial charge on any atom is -0.503 e. The van der Waals surface area contributed by atoms with Crippen LogP contribution >= 0.6 is 0 Å². The lowest BCUT2D eigenvalue weighted by Crippen LogP contribution is -2.48. The second kappa shape index (κ2) is 7.38. The van der Waals surface area contributed by atoms with E-state index in [1.807, 2.05) is 0 Å². The first-order valence-corrected chi connectivity index (χ1v) is 10.0. The van der Waals surface area contributed by atoms with E-state index >= 15 is 0 Å². The Morgan fingerprint density at radius 1 is 1.34 bits per heavy atom. The fourth-order valence-electron chi connectivity index (χ4n) is 4.76. The summed E-state index contributed by atoms with van der Waals surface area (Å²) in [7, 11) is 1.41. The number of fused-ring (bicyclic) bond motifs is 2. The number of rotatable bonds is 4. The van der Waals surface area contributed by atoms with Crippen LogP contribution in [0.4, 0.5) is 8.78 Å². The fraction of sp³-hybridized carbons (Fsp3) is 0.381. The molecule has 168 valence electrons. The molecule has 11 heteroatoms. The van der Waals surface area contributed by atoms with Crippen LogP contribution in [0.15, 0.2) is 23.0 Å². The first kappa shape index (κ1) is 20.6. The molecule has 3 aliphatic heterocycles. The average Bonchev–Trinajstić information content (AvgIpc) is 3.38.